The number of hydrogen-bond donors (Lipinski definition) is 0. The van der Waals surface area contributed by atoms with E-state index in [0.717, 1.165) is 12.8 Å². The highest BCUT2D eigenvalue weighted by Crippen LogP contribution is 1.93. The van der Waals surface area contributed by atoms with Gasteiger partial charge in [-0.05, 0) is 6.42 Å². The van der Waals surface area contributed by atoms with Crippen LogP contribution < -0.4 is 0 Å². The molecule has 0 aliphatic rings. The number of nitrogens with zero attached hydrogens (tertiary/aromatic N) is 2. The normalized spacial score (nSPS) is 11.4. The van der Waals surface area contributed by atoms with Crippen molar-refractivity contribution in [2.75, 3.05) is 0 Å². The molecule has 1 rings (SSSR count). The molecule has 0 aromatic carbocycles. The molecule has 0 saturated carbocycles. The van der Waals surface area contributed by atoms with Gasteiger partial charge >= 0.3 is 0 Å². The Morgan fingerprint density at radius 2 is 2.88 bits per heavy atom. The summed E-state index contributed by atoms with van der Waals surface area (Å²) in [6.45, 7) is 2.02. The maximum atomic E-state index is 6.88. The van der Waals surface area contributed by atoms with E-state index in [-0.39, 0.29) is 6.30 Å². The minimum Gasteiger partial charge on any atom is -0.340 e. The summed E-state index contributed by atoms with van der Waals surface area (Å²) in [7, 11) is 0. The molecule has 44 valence electrons. The van der Waals surface area contributed by atoms with E-state index in [0.29, 0.717) is 5.89 Å². The lowest BCUT2D eigenvalue weighted by Gasteiger charge is -1.81. The summed E-state index contributed by atoms with van der Waals surface area (Å²) in [6, 6.07) is 0. The van der Waals surface area contributed by atoms with E-state index < -0.39 is 0 Å². The number of aryl methyl sites for hydroxylation is 1. The van der Waals surface area contributed by atoms with Gasteiger partial charge in [0.25, 0.3) is 0 Å². The van der Waals surface area contributed by atoms with E-state index in [4.69, 9.17) is 1.37 Å². The summed E-state index contributed by atoms with van der Waals surface area (Å²) < 4.78 is 11.5. The standard InChI is InChI=1S/C5H8N2O/c1-2-3-5-6-4-7-8-5/h4H,2-3H2,1H3/i4D. The minimum atomic E-state index is -0.0292. The van der Waals surface area contributed by atoms with E-state index in [2.05, 4.69) is 14.7 Å². The first-order valence-electron chi connectivity index (χ1n) is 3.12. The fourth-order valence-corrected chi connectivity index (χ4v) is 0.485. The Kier molecular flexibility index (Phi) is 1.24. The van der Waals surface area contributed by atoms with Crippen LogP contribution in [0.25, 0.3) is 0 Å². The third kappa shape index (κ3) is 1.05. The molecule has 0 amide bonds. The SMILES string of the molecule is [2H]c1noc(CCC)n1. The van der Waals surface area contributed by atoms with Crippen LogP contribution in [0.15, 0.2) is 10.8 Å². The van der Waals surface area contributed by atoms with Gasteiger partial charge in [0.1, 0.15) is 1.37 Å². The van der Waals surface area contributed by atoms with Crippen molar-refractivity contribution in [2.24, 2.45) is 0 Å². The van der Waals surface area contributed by atoms with Crippen molar-refractivity contribution < 1.29 is 5.89 Å². The molecule has 1 aromatic rings. The molecule has 0 N–H and O–H groups in total. The van der Waals surface area contributed by atoms with Gasteiger partial charge in [0.2, 0.25) is 5.89 Å². The fraction of sp³-hybridized carbons (Fsp3) is 0.600. The lowest BCUT2D eigenvalue weighted by Crippen LogP contribution is -1.79. The second kappa shape index (κ2) is 2.45. The summed E-state index contributed by atoms with van der Waals surface area (Å²) in [5.74, 6) is 0.558. The van der Waals surface area contributed by atoms with Crippen molar-refractivity contribution in [2.45, 2.75) is 19.8 Å². The van der Waals surface area contributed by atoms with Crippen LogP contribution in [0.2, 0.25) is 0 Å². The van der Waals surface area contributed by atoms with Gasteiger partial charge in [-0.15, -0.1) is 0 Å². The lowest BCUT2D eigenvalue weighted by atomic mass is 10.3. The molecule has 0 aliphatic heterocycles. The van der Waals surface area contributed by atoms with Crippen LogP contribution in [0.1, 0.15) is 20.6 Å². The third-order valence-electron chi connectivity index (χ3n) is 0.830. The van der Waals surface area contributed by atoms with Crippen molar-refractivity contribution >= 4 is 0 Å². The van der Waals surface area contributed by atoms with Gasteiger partial charge in [-0.25, -0.2) is 0 Å². The molecule has 3 heteroatoms. The molecule has 0 bridgehead atoms. The minimum absolute atomic E-state index is 0.0292. The summed E-state index contributed by atoms with van der Waals surface area (Å²) in [4.78, 5) is 3.69. The molecule has 0 radical (unpaired) electrons. The second-order valence-electron chi connectivity index (χ2n) is 1.54. The highest BCUT2D eigenvalue weighted by atomic mass is 16.5. The Bertz CT molecular complexity index is 187. The molecule has 0 aliphatic carbocycles. The number of aromatic nitrogens is 2. The monoisotopic (exact) mass is 113 g/mol. The zero-order chi connectivity index (χ0) is 6.69. The van der Waals surface area contributed by atoms with Crippen molar-refractivity contribution in [3.8, 4) is 0 Å². The summed E-state index contributed by atoms with van der Waals surface area (Å²) in [5, 5.41) is 3.32. The van der Waals surface area contributed by atoms with Gasteiger partial charge in [0.05, 0.1) is 0 Å². The largest absolute Gasteiger partial charge is 0.340 e. The highest BCUT2D eigenvalue weighted by molar-refractivity contribution is 4.71. The Hall–Kier alpha value is -0.860. The molecule has 8 heavy (non-hydrogen) atoms. The topological polar surface area (TPSA) is 38.9 Å². The van der Waals surface area contributed by atoms with E-state index in [1.54, 1.807) is 0 Å². The van der Waals surface area contributed by atoms with Gasteiger partial charge in [-0.2, -0.15) is 4.98 Å². The van der Waals surface area contributed by atoms with Gasteiger partial charge in [-0.3, -0.25) is 0 Å². The first kappa shape index (κ1) is 4.06. The quantitative estimate of drug-likeness (QED) is 0.574. The van der Waals surface area contributed by atoms with Gasteiger partial charge in [-0.1, -0.05) is 12.1 Å². The van der Waals surface area contributed by atoms with Gasteiger partial charge in [0.15, 0.2) is 6.30 Å². The molecule has 1 aromatic heterocycles. The van der Waals surface area contributed by atoms with Crippen molar-refractivity contribution in [3.63, 3.8) is 0 Å². The average Bonchev–Trinajstić information content (AvgIpc) is 2.17. The van der Waals surface area contributed by atoms with Crippen molar-refractivity contribution in [3.05, 3.63) is 12.2 Å². The molecule has 0 fully saturated rings. The Labute approximate surface area is 49.1 Å². The zero-order valence-electron chi connectivity index (χ0n) is 5.72. The zero-order valence-corrected chi connectivity index (χ0v) is 4.72. The number of rotatable bonds is 2. The van der Waals surface area contributed by atoms with E-state index in [9.17, 15) is 0 Å². The summed E-state index contributed by atoms with van der Waals surface area (Å²) >= 11 is 0. The molecule has 1 heterocycles. The second-order valence-corrected chi connectivity index (χ2v) is 1.54. The maximum absolute atomic E-state index is 6.88. The molecule has 0 atom stereocenters. The van der Waals surface area contributed by atoms with Crippen LogP contribution in [-0.4, -0.2) is 10.1 Å². The van der Waals surface area contributed by atoms with E-state index in [1.807, 2.05) is 6.92 Å². The Balaban J connectivity index is 2.61. The Morgan fingerprint density at radius 1 is 2.00 bits per heavy atom. The highest BCUT2D eigenvalue weighted by Gasteiger charge is 1.92. The molecule has 0 spiro atoms. The third-order valence-corrected chi connectivity index (χ3v) is 0.830. The first-order valence-corrected chi connectivity index (χ1v) is 2.62. The number of hydrogen-bond acceptors (Lipinski definition) is 3. The van der Waals surface area contributed by atoms with Crippen LogP contribution in [-0.2, 0) is 6.42 Å². The van der Waals surface area contributed by atoms with Gasteiger partial charge in [0, 0.05) is 6.42 Å². The average molecular weight is 113 g/mol. The first-order chi connectivity index (χ1) is 4.33. The van der Waals surface area contributed by atoms with Crippen LogP contribution in [0.5, 0.6) is 0 Å². The van der Waals surface area contributed by atoms with Crippen molar-refractivity contribution in [1.29, 1.82) is 0 Å². The fourth-order valence-electron chi connectivity index (χ4n) is 0.485. The van der Waals surface area contributed by atoms with E-state index >= 15 is 0 Å². The smallest absolute Gasteiger partial charge is 0.226 e. The molecular formula is C5H8N2O. The van der Waals surface area contributed by atoms with Gasteiger partial charge < -0.3 is 4.52 Å². The lowest BCUT2D eigenvalue weighted by molar-refractivity contribution is 0.376. The summed E-state index contributed by atoms with van der Waals surface area (Å²) in [5.41, 5.74) is 0. The van der Waals surface area contributed by atoms with Crippen LogP contribution in [0.3, 0.4) is 0 Å². The van der Waals surface area contributed by atoms with E-state index in [1.165, 1.54) is 0 Å². The predicted molar refractivity (Wildman–Crippen MR) is 28.3 cm³/mol. The molecule has 0 saturated heterocycles. The van der Waals surface area contributed by atoms with Crippen LogP contribution in [0.4, 0.5) is 0 Å². The Morgan fingerprint density at radius 3 is 3.38 bits per heavy atom. The summed E-state index contributed by atoms with van der Waals surface area (Å²) in [6.07, 6.45) is 1.71. The van der Waals surface area contributed by atoms with Crippen LogP contribution >= 0.6 is 0 Å². The van der Waals surface area contributed by atoms with Crippen molar-refractivity contribution in [1.82, 2.24) is 10.1 Å². The predicted octanol–water partition coefficient (Wildman–Crippen LogP) is 1.02. The molecule has 3 nitrogen and oxygen atoms in total. The molecule has 0 unspecified atom stereocenters. The molecular weight excluding hydrogens is 104 g/mol. The van der Waals surface area contributed by atoms with Crippen LogP contribution in [0, 0.1) is 0 Å². The maximum Gasteiger partial charge on any atom is 0.226 e.